The molecule has 4 fully saturated rings. The molecule has 4 aliphatic rings. The van der Waals surface area contributed by atoms with Crippen molar-refractivity contribution >= 4 is 11.6 Å². The van der Waals surface area contributed by atoms with Crippen molar-refractivity contribution < 1.29 is 9.90 Å². The largest absolute Gasteiger partial charge is 0.390 e. The average Bonchev–Trinajstić information content (AvgIpc) is 2.92. The van der Waals surface area contributed by atoms with Crippen LogP contribution in [0.1, 0.15) is 84.5 Å². The number of carbonyl (C=O) groups excluding carboxylic acids is 1. The zero-order valence-electron chi connectivity index (χ0n) is 19.5. The molecule has 0 bridgehead atoms. The van der Waals surface area contributed by atoms with Crippen LogP contribution in [0.25, 0.3) is 0 Å². The van der Waals surface area contributed by atoms with Crippen molar-refractivity contribution in [3.63, 3.8) is 0 Å². The number of hydrogen-bond acceptors (Lipinski definition) is 2. The minimum Gasteiger partial charge on any atom is -0.390 e. The molecule has 4 aliphatic carbocycles. The summed E-state index contributed by atoms with van der Waals surface area (Å²) in [6, 6.07) is 9.95. The third-order valence-electron chi connectivity index (χ3n) is 9.95. The molecule has 1 aromatic rings. The highest BCUT2D eigenvalue weighted by Crippen LogP contribution is 2.61. The summed E-state index contributed by atoms with van der Waals surface area (Å²) in [5, 5.41) is 13.8. The molecule has 8 atom stereocenters. The Hall–Kier alpha value is -1.35. The number of anilines is 1. The first-order valence-corrected chi connectivity index (χ1v) is 12.9. The van der Waals surface area contributed by atoms with E-state index in [4.69, 9.17) is 0 Å². The highest BCUT2D eigenvalue weighted by molar-refractivity contribution is 5.92. The average molecular weight is 424 g/mol. The number of fused-ring (bicyclic) bond motifs is 5. The van der Waals surface area contributed by atoms with E-state index in [0.717, 1.165) is 61.0 Å². The first kappa shape index (κ1) is 21.5. The van der Waals surface area contributed by atoms with Gasteiger partial charge in [-0.1, -0.05) is 31.5 Å². The van der Waals surface area contributed by atoms with Gasteiger partial charge in [0.25, 0.3) is 0 Å². The number of carbonyl (C=O) groups is 1. The second-order valence-electron chi connectivity index (χ2n) is 12.1. The molecule has 3 nitrogen and oxygen atoms in total. The Morgan fingerprint density at radius 2 is 1.68 bits per heavy atom. The maximum absolute atomic E-state index is 13.1. The van der Waals surface area contributed by atoms with Gasteiger partial charge >= 0.3 is 0 Å². The van der Waals surface area contributed by atoms with Crippen LogP contribution in [0.5, 0.6) is 0 Å². The van der Waals surface area contributed by atoms with Crippen LogP contribution in [0.2, 0.25) is 0 Å². The van der Waals surface area contributed by atoms with E-state index >= 15 is 0 Å². The van der Waals surface area contributed by atoms with E-state index in [9.17, 15) is 9.90 Å². The van der Waals surface area contributed by atoms with E-state index in [1.165, 1.54) is 44.9 Å². The molecule has 1 amide bonds. The molecule has 0 unspecified atom stereocenters. The third kappa shape index (κ3) is 4.19. The van der Waals surface area contributed by atoms with Crippen molar-refractivity contribution in [2.24, 2.45) is 40.9 Å². The number of benzene rings is 1. The lowest BCUT2D eigenvalue weighted by molar-refractivity contribution is -0.123. The van der Waals surface area contributed by atoms with Crippen LogP contribution >= 0.6 is 0 Å². The van der Waals surface area contributed by atoms with Crippen molar-refractivity contribution in [3.05, 3.63) is 30.3 Å². The van der Waals surface area contributed by atoms with E-state index < -0.39 is 5.60 Å². The summed E-state index contributed by atoms with van der Waals surface area (Å²) in [6.45, 7) is 4.57. The van der Waals surface area contributed by atoms with Crippen LogP contribution in [0.15, 0.2) is 30.3 Å². The normalized spacial score (nSPS) is 44.9. The maximum Gasteiger partial charge on any atom is 0.227 e. The van der Waals surface area contributed by atoms with Gasteiger partial charge < -0.3 is 10.4 Å². The molecular weight excluding hydrogens is 382 g/mol. The maximum atomic E-state index is 13.1. The van der Waals surface area contributed by atoms with E-state index in [1.807, 2.05) is 30.3 Å². The van der Waals surface area contributed by atoms with E-state index in [2.05, 4.69) is 19.2 Å². The fraction of sp³-hybridized carbons (Fsp3) is 0.750. The molecule has 0 saturated heterocycles. The summed E-state index contributed by atoms with van der Waals surface area (Å²) in [4.78, 5) is 13.1. The first-order valence-electron chi connectivity index (χ1n) is 12.9. The smallest absolute Gasteiger partial charge is 0.227 e. The fourth-order valence-corrected chi connectivity index (χ4v) is 8.53. The summed E-state index contributed by atoms with van der Waals surface area (Å²) in [5.74, 6) is 4.44. The minimum atomic E-state index is -0.432. The molecule has 0 spiro atoms. The molecule has 5 rings (SSSR count). The van der Waals surface area contributed by atoms with Gasteiger partial charge in [-0.3, -0.25) is 4.79 Å². The zero-order valence-corrected chi connectivity index (χ0v) is 19.5. The topological polar surface area (TPSA) is 49.3 Å². The molecule has 4 saturated carbocycles. The SMILES string of the molecule is C[C@@]1(O)CC[C@H]2[C@H](CC[C@@H]3[C@@H]2CC[C@]2(C)C[C@@H](C(=O)Nc4ccccc4)CCC[C@@H]32)C1. The second kappa shape index (κ2) is 8.21. The Kier molecular flexibility index (Phi) is 5.69. The van der Waals surface area contributed by atoms with Crippen LogP contribution in [0.3, 0.4) is 0 Å². The van der Waals surface area contributed by atoms with Gasteiger partial charge in [-0.2, -0.15) is 0 Å². The molecule has 2 N–H and O–H groups in total. The lowest BCUT2D eigenvalue weighted by Gasteiger charge is -2.57. The number of nitrogens with one attached hydrogen (secondary N) is 1. The molecule has 3 heteroatoms. The van der Waals surface area contributed by atoms with Gasteiger partial charge in [-0.25, -0.2) is 0 Å². The van der Waals surface area contributed by atoms with Crippen molar-refractivity contribution in [1.29, 1.82) is 0 Å². The predicted molar refractivity (Wildman–Crippen MR) is 126 cm³/mol. The Morgan fingerprint density at radius 1 is 0.903 bits per heavy atom. The van der Waals surface area contributed by atoms with Crippen molar-refractivity contribution in [1.82, 2.24) is 0 Å². The second-order valence-corrected chi connectivity index (χ2v) is 12.1. The van der Waals surface area contributed by atoms with E-state index in [-0.39, 0.29) is 11.8 Å². The Morgan fingerprint density at radius 3 is 2.48 bits per heavy atom. The molecule has 0 aromatic heterocycles. The van der Waals surface area contributed by atoms with E-state index in [1.54, 1.807) is 0 Å². The minimum absolute atomic E-state index is 0.146. The molecule has 31 heavy (non-hydrogen) atoms. The molecular formula is C28H41NO2. The van der Waals surface area contributed by atoms with Gasteiger partial charge in [-0.05, 0) is 118 Å². The molecule has 1 aromatic carbocycles. The number of hydrogen-bond donors (Lipinski definition) is 2. The Bertz CT molecular complexity index is 789. The predicted octanol–water partition coefficient (Wildman–Crippen LogP) is 6.43. The van der Waals surface area contributed by atoms with Crippen LogP contribution in [0, 0.1) is 40.9 Å². The number of rotatable bonds is 2. The Balaban J connectivity index is 1.29. The van der Waals surface area contributed by atoms with Gasteiger partial charge in [-0.15, -0.1) is 0 Å². The monoisotopic (exact) mass is 423 g/mol. The van der Waals surface area contributed by atoms with Gasteiger partial charge in [0.1, 0.15) is 0 Å². The van der Waals surface area contributed by atoms with Crippen LogP contribution in [0.4, 0.5) is 5.69 Å². The summed E-state index contributed by atoms with van der Waals surface area (Å²) < 4.78 is 0. The number of aliphatic hydroxyl groups is 1. The van der Waals surface area contributed by atoms with Gasteiger partial charge in [0.05, 0.1) is 5.60 Å². The highest BCUT2D eigenvalue weighted by Gasteiger charge is 2.54. The number of amides is 1. The quantitative estimate of drug-likeness (QED) is 0.576. The standard InChI is InChI=1S/C28H41NO2/c1-27-15-13-23-22-14-16-28(2,31)18-19(22)11-12-24(23)25(27)10-6-7-20(17-27)26(30)29-21-8-4-3-5-9-21/h3-5,8-9,19-20,22-25,31H,6-7,10-18H2,1-2H3,(H,29,30)/t19-,20+,22+,23-,24-,25+,27-,28-/m1/s1. The zero-order chi connectivity index (χ0) is 21.6. The van der Waals surface area contributed by atoms with Crippen molar-refractivity contribution in [2.75, 3.05) is 5.32 Å². The van der Waals surface area contributed by atoms with Crippen molar-refractivity contribution in [2.45, 2.75) is 90.1 Å². The van der Waals surface area contributed by atoms with Crippen LogP contribution in [-0.2, 0) is 4.79 Å². The Labute approximate surface area is 188 Å². The summed E-state index contributed by atoms with van der Waals surface area (Å²) in [5.41, 5.74) is 0.802. The number of para-hydroxylation sites is 1. The molecule has 170 valence electrons. The highest BCUT2D eigenvalue weighted by atomic mass is 16.3. The first-order chi connectivity index (χ1) is 14.8. The summed E-state index contributed by atoms with van der Waals surface area (Å²) in [6.07, 6.45) is 13.1. The lowest BCUT2D eigenvalue weighted by atomic mass is 9.48. The van der Waals surface area contributed by atoms with Gasteiger partial charge in [0.2, 0.25) is 5.91 Å². The lowest BCUT2D eigenvalue weighted by Crippen LogP contribution is -2.50. The molecule has 0 aliphatic heterocycles. The third-order valence-corrected chi connectivity index (χ3v) is 9.95. The summed E-state index contributed by atoms with van der Waals surface area (Å²) >= 11 is 0. The van der Waals surface area contributed by atoms with Crippen LogP contribution in [-0.4, -0.2) is 16.6 Å². The van der Waals surface area contributed by atoms with Gasteiger partial charge in [0, 0.05) is 11.6 Å². The molecule has 0 heterocycles. The van der Waals surface area contributed by atoms with Crippen LogP contribution < -0.4 is 5.32 Å². The van der Waals surface area contributed by atoms with Gasteiger partial charge in [0.15, 0.2) is 0 Å². The fourth-order valence-electron chi connectivity index (χ4n) is 8.53. The van der Waals surface area contributed by atoms with Crippen molar-refractivity contribution in [3.8, 4) is 0 Å². The molecule has 0 radical (unpaired) electrons. The van der Waals surface area contributed by atoms with E-state index in [0.29, 0.717) is 5.41 Å². The summed E-state index contributed by atoms with van der Waals surface area (Å²) in [7, 11) is 0.